The SMILES string of the molecule is C[C@]12CCCC[C@H]1C(C(=O)O)CC2. The van der Waals surface area contributed by atoms with Crippen LogP contribution in [0.25, 0.3) is 0 Å². The van der Waals surface area contributed by atoms with Crippen molar-refractivity contribution in [3.63, 3.8) is 0 Å². The third-order valence-corrected chi connectivity index (χ3v) is 4.24. The van der Waals surface area contributed by atoms with Crippen LogP contribution in [-0.4, -0.2) is 11.1 Å². The van der Waals surface area contributed by atoms with Crippen LogP contribution >= 0.6 is 0 Å². The van der Waals surface area contributed by atoms with Gasteiger partial charge in [0.05, 0.1) is 5.92 Å². The predicted octanol–water partition coefficient (Wildman–Crippen LogP) is 2.68. The van der Waals surface area contributed by atoms with Gasteiger partial charge in [0.2, 0.25) is 0 Å². The molecule has 0 aliphatic heterocycles. The number of hydrogen-bond acceptors (Lipinski definition) is 1. The summed E-state index contributed by atoms with van der Waals surface area (Å²) in [5.74, 6) is -0.125. The van der Waals surface area contributed by atoms with Crippen LogP contribution in [0.3, 0.4) is 0 Å². The number of carboxylic acid groups (broad SMARTS) is 1. The van der Waals surface area contributed by atoms with Crippen LogP contribution in [-0.2, 0) is 4.79 Å². The monoisotopic (exact) mass is 182 g/mol. The highest BCUT2D eigenvalue weighted by molar-refractivity contribution is 5.71. The summed E-state index contributed by atoms with van der Waals surface area (Å²) in [4.78, 5) is 11.0. The zero-order valence-corrected chi connectivity index (χ0v) is 8.25. The second-order valence-electron chi connectivity index (χ2n) is 4.99. The van der Waals surface area contributed by atoms with Gasteiger partial charge in [0.1, 0.15) is 0 Å². The zero-order valence-electron chi connectivity index (χ0n) is 8.25. The van der Waals surface area contributed by atoms with E-state index in [0.29, 0.717) is 11.3 Å². The molecule has 2 rings (SSSR count). The molecule has 2 aliphatic carbocycles. The molecule has 0 aromatic carbocycles. The van der Waals surface area contributed by atoms with Crippen molar-refractivity contribution in [1.29, 1.82) is 0 Å². The van der Waals surface area contributed by atoms with Crippen LogP contribution in [0.15, 0.2) is 0 Å². The maximum Gasteiger partial charge on any atom is 0.306 e. The smallest absolute Gasteiger partial charge is 0.306 e. The molecule has 0 spiro atoms. The molecule has 1 N–H and O–H groups in total. The van der Waals surface area contributed by atoms with E-state index in [2.05, 4.69) is 6.92 Å². The fourth-order valence-corrected chi connectivity index (χ4v) is 3.41. The van der Waals surface area contributed by atoms with E-state index in [4.69, 9.17) is 5.11 Å². The van der Waals surface area contributed by atoms with Crippen molar-refractivity contribution in [2.75, 3.05) is 0 Å². The lowest BCUT2D eigenvalue weighted by Crippen LogP contribution is -2.31. The molecule has 0 heterocycles. The Morgan fingerprint density at radius 3 is 2.77 bits per heavy atom. The number of fused-ring (bicyclic) bond motifs is 1. The first kappa shape index (κ1) is 9.04. The van der Waals surface area contributed by atoms with Crippen LogP contribution in [0.2, 0.25) is 0 Å². The van der Waals surface area contributed by atoms with Gasteiger partial charge in [0.25, 0.3) is 0 Å². The Morgan fingerprint density at radius 2 is 2.08 bits per heavy atom. The van der Waals surface area contributed by atoms with Crippen molar-refractivity contribution >= 4 is 5.97 Å². The van der Waals surface area contributed by atoms with Crippen molar-refractivity contribution in [3.05, 3.63) is 0 Å². The molecule has 2 nitrogen and oxygen atoms in total. The highest BCUT2D eigenvalue weighted by Gasteiger charge is 2.48. The van der Waals surface area contributed by atoms with Crippen molar-refractivity contribution in [2.24, 2.45) is 17.3 Å². The fourth-order valence-electron chi connectivity index (χ4n) is 3.41. The third kappa shape index (κ3) is 1.36. The molecule has 0 radical (unpaired) electrons. The number of aliphatic carboxylic acids is 1. The molecule has 1 unspecified atom stereocenters. The summed E-state index contributed by atoms with van der Waals surface area (Å²) in [6.45, 7) is 2.29. The van der Waals surface area contributed by atoms with Crippen LogP contribution in [0, 0.1) is 17.3 Å². The Bertz CT molecular complexity index is 224. The minimum absolute atomic E-state index is 0.0368. The highest BCUT2D eigenvalue weighted by Crippen LogP contribution is 2.54. The number of carbonyl (C=O) groups is 1. The van der Waals surface area contributed by atoms with Gasteiger partial charge in [-0.1, -0.05) is 19.8 Å². The molecular weight excluding hydrogens is 164 g/mol. The Labute approximate surface area is 79.3 Å². The Hall–Kier alpha value is -0.530. The van der Waals surface area contributed by atoms with Crippen molar-refractivity contribution in [3.8, 4) is 0 Å². The van der Waals surface area contributed by atoms with E-state index in [9.17, 15) is 4.79 Å². The fraction of sp³-hybridized carbons (Fsp3) is 0.909. The normalized spacial score (nSPS) is 44.4. The molecule has 0 aromatic rings. The maximum atomic E-state index is 11.0. The summed E-state index contributed by atoms with van der Waals surface area (Å²) in [7, 11) is 0. The van der Waals surface area contributed by atoms with Gasteiger partial charge in [0.15, 0.2) is 0 Å². The second-order valence-corrected chi connectivity index (χ2v) is 4.99. The van der Waals surface area contributed by atoms with E-state index in [1.807, 2.05) is 0 Å². The van der Waals surface area contributed by atoms with Gasteiger partial charge in [-0.25, -0.2) is 0 Å². The summed E-state index contributed by atoms with van der Waals surface area (Å²) >= 11 is 0. The number of hydrogen-bond donors (Lipinski definition) is 1. The van der Waals surface area contributed by atoms with Gasteiger partial charge in [-0.15, -0.1) is 0 Å². The molecule has 2 aliphatic rings. The number of carboxylic acids is 1. The van der Waals surface area contributed by atoms with E-state index < -0.39 is 5.97 Å². The van der Waals surface area contributed by atoms with Gasteiger partial charge in [-0.2, -0.15) is 0 Å². The second kappa shape index (κ2) is 3.00. The summed E-state index contributed by atoms with van der Waals surface area (Å²) < 4.78 is 0. The van der Waals surface area contributed by atoms with E-state index >= 15 is 0 Å². The summed E-state index contributed by atoms with van der Waals surface area (Å²) in [5.41, 5.74) is 0.362. The highest BCUT2D eigenvalue weighted by atomic mass is 16.4. The van der Waals surface area contributed by atoms with Gasteiger partial charge < -0.3 is 5.11 Å². The summed E-state index contributed by atoms with van der Waals surface area (Å²) in [5, 5.41) is 9.07. The van der Waals surface area contributed by atoms with Gasteiger partial charge in [0, 0.05) is 0 Å². The maximum absolute atomic E-state index is 11.0. The molecule has 2 fully saturated rings. The van der Waals surface area contributed by atoms with Crippen LogP contribution in [0.1, 0.15) is 45.4 Å². The van der Waals surface area contributed by atoms with Crippen molar-refractivity contribution in [1.82, 2.24) is 0 Å². The lowest BCUT2D eigenvalue weighted by atomic mass is 9.67. The topological polar surface area (TPSA) is 37.3 Å². The van der Waals surface area contributed by atoms with Gasteiger partial charge >= 0.3 is 5.97 Å². The minimum Gasteiger partial charge on any atom is -0.481 e. The standard InChI is InChI=1S/C11H18O2/c1-11-6-3-2-4-9(11)8(5-7-11)10(12)13/h8-9H,2-7H2,1H3,(H,12,13)/t8?,9-,11+/m0/s1. The van der Waals surface area contributed by atoms with E-state index in [1.54, 1.807) is 0 Å². The van der Waals surface area contributed by atoms with E-state index in [1.165, 1.54) is 19.3 Å². The molecule has 3 atom stereocenters. The van der Waals surface area contributed by atoms with E-state index in [0.717, 1.165) is 19.3 Å². The predicted molar refractivity (Wildman–Crippen MR) is 50.4 cm³/mol. The minimum atomic E-state index is -0.560. The first-order chi connectivity index (χ1) is 6.13. The Balaban J connectivity index is 2.17. The van der Waals surface area contributed by atoms with E-state index in [-0.39, 0.29) is 5.92 Å². The molecule has 0 aromatic heterocycles. The average molecular weight is 182 g/mol. The van der Waals surface area contributed by atoms with Crippen LogP contribution in [0.4, 0.5) is 0 Å². The first-order valence-corrected chi connectivity index (χ1v) is 5.36. The quantitative estimate of drug-likeness (QED) is 0.677. The third-order valence-electron chi connectivity index (χ3n) is 4.24. The molecule has 0 saturated heterocycles. The average Bonchev–Trinajstić information content (AvgIpc) is 2.41. The first-order valence-electron chi connectivity index (χ1n) is 5.36. The Morgan fingerprint density at radius 1 is 1.31 bits per heavy atom. The molecule has 13 heavy (non-hydrogen) atoms. The van der Waals surface area contributed by atoms with Crippen molar-refractivity contribution < 1.29 is 9.90 Å². The molecule has 74 valence electrons. The molecule has 0 bridgehead atoms. The molecule has 0 amide bonds. The lowest BCUT2D eigenvalue weighted by Gasteiger charge is -2.37. The molecular formula is C11H18O2. The molecule has 2 heteroatoms. The van der Waals surface area contributed by atoms with Gasteiger partial charge in [-0.05, 0) is 37.0 Å². The Kier molecular flexibility index (Phi) is 2.09. The largest absolute Gasteiger partial charge is 0.481 e. The van der Waals surface area contributed by atoms with Crippen molar-refractivity contribution in [2.45, 2.75) is 45.4 Å². The van der Waals surface area contributed by atoms with Crippen LogP contribution < -0.4 is 0 Å². The van der Waals surface area contributed by atoms with Crippen LogP contribution in [0.5, 0.6) is 0 Å². The molecule has 2 saturated carbocycles. The zero-order chi connectivity index (χ0) is 9.47. The van der Waals surface area contributed by atoms with Gasteiger partial charge in [-0.3, -0.25) is 4.79 Å². The number of rotatable bonds is 1. The summed E-state index contributed by atoms with van der Waals surface area (Å²) in [6, 6.07) is 0. The summed E-state index contributed by atoms with van der Waals surface area (Å²) in [6.07, 6.45) is 6.99. The lowest BCUT2D eigenvalue weighted by molar-refractivity contribution is -0.144.